The van der Waals surface area contributed by atoms with E-state index in [0.29, 0.717) is 38.6 Å². The first kappa shape index (κ1) is 73.6. The minimum Gasteiger partial charge on any atom is -1.00 e. The second-order valence-electron chi connectivity index (χ2n) is 20.7. The number of anilines is 3. The number of nitrogens with zero attached hydrogens (tertiary/aromatic N) is 1. The van der Waals surface area contributed by atoms with Crippen molar-refractivity contribution < 1.29 is 183 Å². The van der Waals surface area contributed by atoms with Crippen LogP contribution in [0.2, 0.25) is 15.1 Å². The number of carbonyl (C=O) groups is 4. The number of urea groups is 3. The van der Waals surface area contributed by atoms with Crippen LogP contribution in [0.25, 0.3) is 33.4 Å². The number of phenolic OH excluding ortho intramolecular Hbond substituents is 1. The first-order valence-corrected chi connectivity index (χ1v) is 28.9. The van der Waals surface area contributed by atoms with E-state index in [9.17, 15) is 19.5 Å². The average molecular weight is 1510 g/mol. The fourth-order valence-corrected chi connectivity index (χ4v) is 10.2. The number of hydrogen-bond donors (Lipinski definition) is 8. The van der Waals surface area contributed by atoms with Gasteiger partial charge >= 0.3 is 156 Å². The van der Waals surface area contributed by atoms with Crippen LogP contribution in [0.4, 0.5) is 31.4 Å². The number of likely N-dealkylation sites (N-methyl/N-ethyl adjacent to an activating group) is 1. The third-order valence-electron chi connectivity index (χ3n) is 13.8. The molecule has 9 aromatic carbocycles. The van der Waals surface area contributed by atoms with Crippen LogP contribution in [0.5, 0.6) is 17.2 Å². The van der Waals surface area contributed by atoms with Gasteiger partial charge in [-0.25, -0.2) is 14.4 Å². The summed E-state index contributed by atoms with van der Waals surface area (Å²) in [6.45, 7) is 3.41. The van der Waals surface area contributed by atoms with Crippen molar-refractivity contribution in [2.45, 2.75) is 31.5 Å². The molecule has 11 rings (SSSR count). The second kappa shape index (κ2) is 37.3. The van der Waals surface area contributed by atoms with E-state index in [1.54, 1.807) is 24.3 Å². The normalized spacial score (nSPS) is 12.2. The largest absolute Gasteiger partial charge is 1.00 e. The van der Waals surface area contributed by atoms with E-state index < -0.39 is 18.1 Å². The number of nitrogens with one attached hydrogen (secondary N) is 4. The van der Waals surface area contributed by atoms with Gasteiger partial charge in [0.25, 0.3) is 6.47 Å². The molecule has 11 N–H and O–H groups in total. The Balaban J connectivity index is 0.000000238. The van der Waals surface area contributed by atoms with Gasteiger partial charge in [-0.1, -0.05) is 126 Å². The molecule has 0 radical (unpaired) electrons. The maximum Gasteiger partial charge on any atom is 1.00 e. The Kier molecular flexibility index (Phi) is 30.5. The first-order valence-electron chi connectivity index (χ1n) is 27.7. The Morgan fingerprint density at radius 3 is 1.16 bits per heavy atom. The number of nitrogens with two attached hydrogens (primary N) is 3. The molecular weight excluding hydrogens is 1440 g/mol. The van der Waals surface area contributed by atoms with Gasteiger partial charge in [-0.3, -0.25) is 9.69 Å². The molecule has 2 aliphatic heterocycles. The Morgan fingerprint density at radius 2 is 0.844 bits per heavy atom. The van der Waals surface area contributed by atoms with Crippen LogP contribution < -0.4 is 191 Å². The van der Waals surface area contributed by atoms with Crippen molar-refractivity contribution in [1.82, 2.24) is 10.2 Å². The molecule has 22 heteroatoms. The Labute approximate surface area is 656 Å². The summed E-state index contributed by atoms with van der Waals surface area (Å²) in [6.07, 6.45) is 2.63. The van der Waals surface area contributed by atoms with Crippen molar-refractivity contribution in [3.8, 4) is 50.6 Å². The van der Waals surface area contributed by atoms with E-state index in [4.69, 9.17) is 71.5 Å². The van der Waals surface area contributed by atoms with Crippen LogP contribution in [-0.4, -0.2) is 80.0 Å². The molecule has 0 atom stereocenters. The summed E-state index contributed by atoms with van der Waals surface area (Å²) < 4.78 is 12.4. The van der Waals surface area contributed by atoms with Crippen LogP contribution in [-0.2, 0) is 28.9 Å². The molecule has 0 aliphatic carbocycles. The zero-order valence-corrected chi connectivity index (χ0v) is 64.6. The molecule has 2 heterocycles. The number of amides is 6. The number of primary amides is 3. The first-order chi connectivity index (χ1) is 42.4. The number of likely N-dealkylation sites (tertiary alicyclic amines) is 1. The molecule has 6 amide bonds. The summed E-state index contributed by atoms with van der Waals surface area (Å²) in [7, 11) is 2.09. The molecule has 0 saturated carbocycles. The standard InChI is InChI=1S/C24H24ClN3O2.C23H22ClN3O2.C20H17ClN2O2.CH2O3.2Cs.H/c1-28-14-21(15-28)30-23-10-7-17(12-22(23)18-3-2-4-19(25)13-18)11-16-5-8-20(9-6-16)27-24(26)29;24-18-3-1-2-17(12-18)21-11-16(6-9-22(21)29-20-13-26-14-20)10-15-4-7-19(8-5-15)27-23(25)28;21-16-3-1-2-15(12-16)18-11-14(6-9-19(18)24)10-13-4-7-17(8-5-13)23-20(22)25;2-1-4-3;;;/h2-10,12-13,21H,11,14-15H2,1H3,(H3,26,27,29);1-9,11-12,20,26H,10,13-14H2,(H3,25,27,28);1-9,11-12,24H,10H2,(H3,22,23,25);1,3H;;;/q;;;;2*+1;-1/p-1. The van der Waals surface area contributed by atoms with Crippen molar-refractivity contribution in [1.29, 1.82) is 0 Å². The zero-order chi connectivity index (χ0) is 62.5. The fraction of sp³-hybridized carbons (Fsp3) is 0.147. The molecule has 2 fully saturated rings. The maximum atomic E-state index is 11.0. The fourth-order valence-electron chi connectivity index (χ4n) is 9.60. The van der Waals surface area contributed by atoms with E-state index in [1.165, 1.54) is 5.56 Å². The molecule has 2 aliphatic rings. The quantitative estimate of drug-likeness (QED) is 0.0275. The maximum absolute atomic E-state index is 11.0. The van der Waals surface area contributed by atoms with Crippen LogP contribution in [0, 0.1) is 0 Å². The summed E-state index contributed by atoms with van der Waals surface area (Å²) in [5.41, 5.74) is 29.9. The van der Waals surface area contributed by atoms with Crippen LogP contribution in [0.1, 0.15) is 34.8 Å². The van der Waals surface area contributed by atoms with Crippen molar-refractivity contribution in [2.75, 3.05) is 49.2 Å². The summed E-state index contributed by atoms with van der Waals surface area (Å²) in [5, 5.41) is 31.5. The number of aromatic hydroxyl groups is 1. The number of hydrogen-bond acceptors (Lipinski definition) is 11. The van der Waals surface area contributed by atoms with Gasteiger partial charge in [0.15, 0.2) is 0 Å². The smallest absolute Gasteiger partial charge is 1.00 e. The van der Waals surface area contributed by atoms with Crippen molar-refractivity contribution in [3.63, 3.8) is 0 Å². The van der Waals surface area contributed by atoms with Crippen molar-refractivity contribution >= 4 is 76.4 Å². The van der Waals surface area contributed by atoms with Crippen molar-refractivity contribution in [2.24, 2.45) is 17.2 Å². The van der Waals surface area contributed by atoms with Gasteiger partial charge in [0, 0.05) is 75.0 Å². The van der Waals surface area contributed by atoms with E-state index in [0.717, 1.165) is 112 Å². The molecule has 2 saturated heterocycles. The van der Waals surface area contributed by atoms with Gasteiger partial charge in [0.2, 0.25) is 0 Å². The Bertz CT molecular complexity index is 3850. The molecule has 17 nitrogen and oxygen atoms in total. The van der Waals surface area contributed by atoms with Crippen LogP contribution >= 0.6 is 34.8 Å². The van der Waals surface area contributed by atoms with Crippen LogP contribution in [0.3, 0.4) is 0 Å². The van der Waals surface area contributed by atoms with Crippen LogP contribution in [0.15, 0.2) is 200 Å². The predicted octanol–water partition coefficient (Wildman–Crippen LogP) is 6.57. The van der Waals surface area contributed by atoms with Gasteiger partial charge in [0.05, 0.1) is 0 Å². The molecule has 90 heavy (non-hydrogen) atoms. The molecule has 9 aromatic rings. The summed E-state index contributed by atoms with van der Waals surface area (Å²) in [4.78, 5) is 46.3. The monoisotopic (exact) mass is 1510 g/mol. The van der Waals surface area contributed by atoms with Gasteiger partial charge in [-0.15, -0.1) is 0 Å². The second-order valence-corrected chi connectivity index (χ2v) is 22.0. The molecule has 0 aromatic heterocycles. The average Bonchev–Trinajstić information content (AvgIpc) is 1.22. The predicted molar refractivity (Wildman–Crippen MR) is 347 cm³/mol. The number of carbonyl (C=O) groups excluding carboxylic acids is 4. The summed E-state index contributed by atoms with van der Waals surface area (Å²) in [5.74, 6) is 1.95. The minimum atomic E-state index is -0.586. The third-order valence-corrected chi connectivity index (χ3v) is 14.6. The summed E-state index contributed by atoms with van der Waals surface area (Å²) >= 11 is 18.5. The number of rotatable bonds is 17. The van der Waals surface area contributed by atoms with E-state index in [-0.39, 0.29) is 164 Å². The van der Waals surface area contributed by atoms with E-state index >= 15 is 0 Å². The molecule has 0 unspecified atom stereocenters. The van der Waals surface area contributed by atoms with E-state index in [1.807, 2.05) is 146 Å². The number of halogens is 3. The topological polar surface area (TPSA) is 269 Å². The minimum absolute atomic E-state index is 0. The van der Waals surface area contributed by atoms with Gasteiger partial charge in [0.1, 0.15) is 29.5 Å². The molecular formula is C68H65Cl3Cs2N8O9. The zero-order valence-electron chi connectivity index (χ0n) is 50.8. The molecule has 454 valence electrons. The van der Waals surface area contributed by atoms with E-state index in [2.05, 4.69) is 68.4 Å². The van der Waals surface area contributed by atoms with Gasteiger partial charge in [-0.2, -0.15) is 0 Å². The van der Waals surface area contributed by atoms with Gasteiger partial charge in [-0.05, 0) is 186 Å². The number of phenols is 1. The third kappa shape index (κ3) is 23.6. The molecule has 0 bridgehead atoms. The van der Waals surface area contributed by atoms with Crippen molar-refractivity contribution in [3.05, 3.63) is 249 Å². The Morgan fingerprint density at radius 1 is 0.522 bits per heavy atom. The summed E-state index contributed by atoms with van der Waals surface area (Å²) in [6, 6.07) is 62.2. The Hall–Kier alpha value is -5.49. The number of ether oxygens (including phenoxy) is 2. The molecule has 0 spiro atoms. The number of benzene rings is 9. The SMILES string of the molecule is CN1CC(Oc2ccc(Cc3ccc(NC(N)=O)cc3)cc2-c2cccc(Cl)c2)C1.NC(=O)Nc1ccc(Cc2ccc(O)c(-c3cccc(Cl)c3)c2)cc1.NC(=O)Nc1ccc(Cc2ccc(OC3CNC3)c(-c3cccc(Cl)c3)c2)cc1.O=CO[O-].[Cs+].[Cs+].[H-]. The van der Waals surface area contributed by atoms with Gasteiger partial charge < -0.3 is 64.6 Å².